The summed E-state index contributed by atoms with van der Waals surface area (Å²) < 4.78 is 39.7. The van der Waals surface area contributed by atoms with Crippen LogP contribution in [0.1, 0.15) is 18.1 Å². The van der Waals surface area contributed by atoms with Crippen molar-refractivity contribution in [3.63, 3.8) is 0 Å². The molecule has 0 aliphatic heterocycles. The smallest absolute Gasteiger partial charge is 0.273 e. The molecule has 0 bridgehead atoms. The Hall–Kier alpha value is -2.14. The molecule has 7 nitrogen and oxygen atoms in total. The third-order valence-electron chi connectivity index (χ3n) is 2.72. The molecule has 24 heavy (non-hydrogen) atoms. The number of thioether (sulfide) groups is 1. The van der Waals surface area contributed by atoms with Crippen molar-refractivity contribution in [1.82, 2.24) is 5.48 Å². The lowest BCUT2D eigenvalue weighted by Crippen LogP contribution is -2.26. The Kier molecular flexibility index (Phi) is 7.17. The van der Waals surface area contributed by atoms with Gasteiger partial charge in [0.15, 0.2) is 0 Å². The van der Waals surface area contributed by atoms with Crippen LogP contribution >= 0.6 is 11.8 Å². The number of benzene rings is 1. The van der Waals surface area contributed by atoms with Gasteiger partial charge in [-0.1, -0.05) is 23.1 Å². The van der Waals surface area contributed by atoms with Gasteiger partial charge < -0.3 is 0 Å². The first-order valence-electron chi connectivity index (χ1n) is 6.47. The van der Waals surface area contributed by atoms with E-state index in [1.54, 1.807) is 0 Å². The summed E-state index contributed by atoms with van der Waals surface area (Å²) in [6, 6.07) is 3.27. The number of nitrogens with zero attached hydrogens (tertiary/aromatic N) is 3. The van der Waals surface area contributed by atoms with Crippen molar-refractivity contribution in [2.45, 2.75) is 19.7 Å². The number of hydrogen-bond donors (Lipinski definition) is 1. The summed E-state index contributed by atoms with van der Waals surface area (Å²) in [5.74, 6) is -0.630. The number of carbonyl (C=O) groups excluding carboxylic acids is 2. The molecule has 1 N–H and O–H groups in total. The molecule has 0 aromatic heterocycles. The van der Waals surface area contributed by atoms with Gasteiger partial charge >= 0.3 is 11.4 Å². The van der Waals surface area contributed by atoms with Gasteiger partial charge in [0.05, 0.1) is 18.3 Å². The second-order valence-corrected chi connectivity index (χ2v) is 5.08. The second-order valence-electron chi connectivity index (χ2n) is 4.30. The Morgan fingerprint density at radius 3 is 2.54 bits per heavy atom. The van der Waals surface area contributed by atoms with Crippen LogP contribution in [0.4, 0.5) is 23.7 Å². The SMILES string of the molecule is C/N=N\N(C(C)=O)c1cccc(C(F)(F)F)c1CONC(=O)SC. The van der Waals surface area contributed by atoms with Crippen molar-refractivity contribution < 1.29 is 27.6 Å². The standard InChI is InChI=1S/C13H15F3N4O3S/c1-8(21)20(19-17-2)11-6-4-5-10(13(14,15)16)9(11)7-23-18-12(22)24-3/h4-6H,7H2,1-3H3,(H,18,22)/b19-17-. The molecule has 0 aliphatic carbocycles. The molecule has 1 rings (SSSR count). The third-order valence-corrected chi connectivity index (χ3v) is 3.17. The van der Waals surface area contributed by atoms with E-state index in [-0.39, 0.29) is 11.3 Å². The van der Waals surface area contributed by atoms with Gasteiger partial charge in [-0.3, -0.25) is 14.4 Å². The van der Waals surface area contributed by atoms with Gasteiger partial charge in [0.1, 0.15) is 6.61 Å². The maximum atomic E-state index is 13.2. The summed E-state index contributed by atoms with van der Waals surface area (Å²) in [6.45, 7) is 0.523. The maximum absolute atomic E-state index is 13.2. The van der Waals surface area contributed by atoms with Crippen LogP contribution in [0.2, 0.25) is 0 Å². The number of nitrogens with one attached hydrogen (secondary N) is 1. The Bertz CT molecular complexity index is 637. The zero-order chi connectivity index (χ0) is 18.3. The molecule has 0 atom stereocenters. The van der Waals surface area contributed by atoms with Gasteiger partial charge in [-0.2, -0.15) is 23.3 Å². The average Bonchev–Trinajstić information content (AvgIpc) is 2.51. The first-order valence-corrected chi connectivity index (χ1v) is 7.70. The summed E-state index contributed by atoms with van der Waals surface area (Å²) in [5, 5.41) is 7.11. The second kappa shape index (κ2) is 8.64. The van der Waals surface area contributed by atoms with Crippen LogP contribution < -0.4 is 10.5 Å². The summed E-state index contributed by atoms with van der Waals surface area (Å²) in [4.78, 5) is 27.6. The molecular formula is C13H15F3N4O3S. The minimum Gasteiger partial charge on any atom is -0.273 e. The summed E-state index contributed by atoms with van der Waals surface area (Å²) in [5.41, 5.74) is 0.492. The third kappa shape index (κ3) is 5.20. The molecule has 132 valence electrons. The van der Waals surface area contributed by atoms with Crippen molar-refractivity contribution in [2.24, 2.45) is 10.3 Å². The van der Waals surface area contributed by atoms with Crippen LogP contribution in [0.25, 0.3) is 0 Å². The minimum atomic E-state index is -4.68. The number of alkyl halides is 3. The Labute approximate surface area is 140 Å². The van der Waals surface area contributed by atoms with Gasteiger partial charge in [-0.25, -0.2) is 5.48 Å². The molecule has 1 aromatic carbocycles. The lowest BCUT2D eigenvalue weighted by atomic mass is 10.0. The quantitative estimate of drug-likeness (QED) is 0.640. The molecule has 0 aliphatic rings. The van der Waals surface area contributed by atoms with E-state index in [0.717, 1.165) is 35.8 Å². The molecule has 0 heterocycles. The zero-order valence-corrected chi connectivity index (χ0v) is 13.9. The van der Waals surface area contributed by atoms with E-state index >= 15 is 0 Å². The van der Waals surface area contributed by atoms with Crippen LogP contribution in [0, 0.1) is 0 Å². The van der Waals surface area contributed by atoms with Crippen LogP contribution in [0.15, 0.2) is 28.5 Å². The highest BCUT2D eigenvalue weighted by Gasteiger charge is 2.35. The number of rotatable bonds is 5. The van der Waals surface area contributed by atoms with Crippen LogP contribution in [0.5, 0.6) is 0 Å². The Balaban J connectivity index is 3.31. The highest BCUT2D eigenvalue weighted by molar-refractivity contribution is 8.12. The Morgan fingerprint density at radius 1 is 1.38 bits per heavy atom. The molecule has 0 fully saturated rings. The number of hydrogen-bond acceptors (Lipinski definition) is 6. The van der Waals surface area contributed by atoms with E-state index in [4.69, 9.17) is 4.84 Å². The van der Waals surface area contributed by atoms with E-state index in [2.05, 4.69) is 10.3 Å². The van der Waals surface area contributed by atoms with Crippen molar-refractivity contribution in [3.05, 3.63) is 29.3 Å². The highest BCUT2D eigenvalue weighted by atomic mass is 32.2. The molecule has 0 saturated heterocycles. The van der Waals surface area contributed by atoms with E-state index in [1.165, 1.54) is 19.4 Å². The lowest BCUT2D eigenvalue weighted by molar-refractivity contribution is -0.139. The van der Waals surface area contributed by atoms with Crippen molar-refractivity contribution in [1.29, 1.82) is 0 Å². The Morgan fingerprint density at radius 2 is 2.04 bits per heavy atom. The van der Waals surface area contributed by atoms with Gasteiger partial charge in [0, 0.05) is 12.5 Å². The summed E-state index contributed by atoms with van der Waals surface area (Å²) >= 11 is 0.798. The van der Waals surface area contributed by atoms with Gasteiger partial charge in [-0.05, 0) is 18.4 Å². The fraction of sp³-hybridized carbons (Fsp3) is 0.385. The normalized spacial score (nSPS) is 11.6. The molecule has 11 heteroatoms. The van der Waals surface area contributed by atoms with E-state index in [9.17, 15) is 22.8 Å². The van der Waals surface area contributed by atoms with Crippen molar-refractivity contribution in [2.75, 3.05) is 18.3 Å². The molecule has 0 spiro atoms. The predicted molar refractivity (Wildman–Crippen MR) is 82.2 cm³/mol. The maximum Gasteiger partial charge on any atom is 0.416 e. The first-order chi connectivity index (χ1) is 11.2. The zero-order valence-electron chi connectivity index (χ0n) is 13.0. The van der Waals surface area contributed by atoms with E-state index in [1.807, 2.05) is 5.48 Å². The fourth-order valence-corrected chi connectivity index (χ4v) is 1.91. The van der Waals surface area contributed by atoms with Crippen LogP contribution in [-0.4, -0.2) is 24.4 Å². The molecule has 0 radical (unpaired) electrons. The molecular weight excluding hydrogens is 349 g/mol. The molecule has 2 amide bonds. The monoisotopic (exact) mass is 364 g/mol. The molecule has 0 unspecified atom stereocenters. The molecule has 0 saturated carbocycles. The highest BCUT2D eigenvalue weighted by Crippen LogP contribution is 2.37. The van der Waals surface area contributed by atoms with Gasteiger partial charge in [0.25, 0.3) is 0 Å². The average molecular weight is 364 g/mol. The summed E-state index contributed by atoms with van der Waals surface area (Å²) in [6.07, 6.45) is -3.20. The fourth-order valence-electron chi connectivity index (χ4n) is 1.77. The van der Waals surface area contributed by atoms with Crippen molar-refractivity contribution in [3.8, 4) is 0 Å². The number of carbonyl (C=O) groups is 2. The van der Waals surface area contributed by atoms with E-state index < -0.39 is 29.5 Å². The number of anilines is 1. The number of halogens is 3. The van der Waals surface area contributed by atoms with E-state index in [0.29, 0.717) is 0 Å². The summed E-state index contributed by atoms with van der Waals surface area (Å²) in [7, 11) is 1.28. The van der Waals surface area contributed by atoms with Crippen molar-refractivity contribution >= 4 is 28.6 Å². The van der Waals surface area contributed by atoms with Crippen LogP contribution in [0.3, 0.4) is 0 Å². The number of hydroxylamine groups is 1. The minimum absolute atomic E-state index is 0.138. The van der Waals surface area contributed by atoms with Gasteiger partial charge in [0.2, 0.25) is 5.91 Å². The lowest BCUT2D eigenvalue weighted by Gasteiger charge is -2.21. The number of amides is 2. The topological polar surface area (TPSA) is 83.4 Å². The largest absolute Gasteiger partial charge is 0.416 e. The van der Waals surface area contributed by atoms with Gasteiger partial charge in [-0.15, -0.1) is 0 Å². The molecule has 1 aromatic rings. The first kappa shape index (κ1) is 19.9. The van der Waals surface area contributed by atoms with Crippen LogP contribution in [-0.2, 0) is 22.4 Å². The predicted octanol–water partition coefficient (Wildman–Crippen LogP) is 3.56.